The second kappa shape index (κ2) is 9.13. The first kappa shape index (κ1) is 17.2. The SMILES string of the molecule is CS(=O)(=O)Nc1[c-]ccnn1.[Y].[c-]1ccccc1. The van der Waals surface area contributed by atoms with E-state index < -0.39 is 10.0 Å². The van der Waals surface area contributed by atoms with Crippen molar-refractivity contribution in [3.63, 3.8) is 0 Å². The Hall–Kier alpha value is -0.846. The van der Waals surface area contributed by atoms with E-state index >= 15 is 0 Å². The zero-order valence-electron chi connectivity index (χ0n) is 9.74. The molecular formula is C11H11N3O2SY-2. The Labute approximate surface area is 132 Å². The van der Waals surface area contributed by atoms with E-state index in [1.54, 1.807) is 0 Å². The van der Waals surface area contributed by atoms with Gasteiger partial charge in [0.25, 0.3) is 0 Å². The van der Waals surface area contributed by atoms with Crippen LogP contribution in [0.3, 0.4) is 0 Å². The fourth-order valence-corrected chi connectivity index (χ4v) is 1.29. The average Bonchev–Trinajstić information content (AvgIpc) is 2.31. The van der Waals surface area contributed by atoms with E-state index in [4.69, 9.17) is 0 Å². The zero-order chi connectivity index (χ0) is 12.6. The molecule has 5 nitrogen and oxygen atoms in total. The van der Waals surface area contributed by atoms with Crippen LogP contribution in [0.1, 0.15) is 0 Å². The maximum atomic E-state index is 10.6. The maximum absolute atomic E-state index is 10.6. The van der Waals surface area contributed by atoms with E-state index in [9.17, 15) is 8.42 Å². The Morgan fingerprint density at radius 2 is 1.83 bits per heavy atom. The Kier molecular flexibility index (Phi) is 8.70. The molecule has 0 unspecified atom stereocenters. The summed E-state index contributed by atoms with van der Waals surface area (Å²) in [7, 11) is -3.26. The van der Waals surface area contributed by atoms with Gasteiger partial charge in [-0.3, -0.25) is 9.82 Å². The van der Waals surface area contributed by atoms with Crippen molar-refractivity contribution >= 4 is 15.8 Å². The Morgan fingerprint density at radius 1 is 1.17 bits per heavy atom. The molecule has 1 heterocycles. The molecule has 1 aromatic carbocycles. The second-order valence-electron chi connectivity index (χ2n) is 2.98. The summed E-state index contributed by atoms with van der Waals surface area (Å²) in [5.74, 6) is 0.106. The first-order valence-electron chi connectivity index (χ1n) is 4.66. The van der Waals surface area contributed by atoms with Crippen LogP contribution in [-0.4, -0.2) is 24.9 Å². The summed E-state index contributed by atoms with van der Waals surface area (Å²) in [6.07, 6.45) is 2.45. The summed E-state index contributed by atoms with van der Waals surface area (Å²) >= 11 is 0. The first-order valence-corrected chi connectivity index (χ1v) is 6.55. The predicted molar refractivity (Wildman–Crippen MR) is 64.6 cm³/mol. The van der Waals surface area contributed by atoms with E-state index in [1.165, 1.54) is 12.3 Å². The molecule has 0 fully saturated rings. The molecule has 1 aromatic heterocycles. The molecule has 0 bridgehead atoms. The van der Waals surface area contributed by atoms with Crippen LogP contribution < -0.4 is 4.72 Å². The van der Waals surface area contributed by atoms with Crippen LogP contribution >= 0.6 is 0 Å². The Morgan fingerprint density at radius 3 is 2.17 bits per heavy atom. The zero-order valence-corrected chi connectivity index (χ0v) is 13.4. The van der Waals surface area contributed by atoms with Gasteiger partial charge in [0, 0.05) is 32.7 Å². The maximum Gasteiger partial charge on any atom is 0.229 e. The topological polar surface area (TPSA) is 72.0 Å². The quantitative estimate of drug-likeness (QED) is 0.834. The second-order valence-corrected chi connectivity index (χ2v) is 4.72. The predicted octanol–water partition coefficient (Wildman–Crippen LogP) is 1.13. The molecule has 1 radical (unpaired) electrons. The summed E-state index contributed by atoms with van der Waals surface area (Å²) in [5, 5.41) is 6.93. The minimum absolute atomic E-state index is 0. The third-order valence-corrected chi connectivity index (χ3v) is 1.97. The average molecular weight is 338 g/mol. The van der Waals surface area contributed by atoms with E-state index in [-0.39, 0.29) is 38.5 Å². The molecule has 0 atom stereocenters. The van der Waals surface area contributed by atoms with Crippen molar-refractivity contribution in [1.82, 2.24) is 10.2 Å². The normalized spacial score (nSPS) is 9.39. The molecule has 0 aliphatic heterocycles. The van der Waals surface area contributed by atoms with Crippen molar-refractivity contribution in [3.05, 3.63) is 54.7 Å². The van der Waals surface area contributed by atoms with Gasteiger partial charge in [0.05, 0.1) is 12.1 Å². The molecule has 1 N–H and O–H groups in total. The van der Waals surface area contributed by atoms with Crippen molar-refractivity contribution in [3.8, 4) is 0 Å². The largest absolute Gasteiger partial charge is 0.283 e. The summed E-state index contributed by atoms with van der Waals surface area (Å²) < 4.78 is 23.3. The number of hydrogen-bond donors (Lipinski definition) is 1. The third-order valence-electron chi connectivity index (χ3n) is 1.41. The number of rotatable bonds is 2. The fraction of sp³-hybridized carbons (Fsp3) is 0.0909. The number of sulfonamides is 1. The van der Waals surface area contributed by atoms with Gasteiger partial charge in [-0.15, -0.1) is 6.20 Å². The van der Waals surface area contributed by atoms with Gasteiger partial charge in [-0.25, -0.2) is 20.6 Å². The van der Waals surface area contributed by atoms with Crippen LogP contribution in [0, 0.1) is 12.1 Å². The van der Waals surface area contributed by atoms with Crippen LogP contribution in [0.4, 0.5) is 5.82 Å². The minimum Gasteiger partial charge on any atom is -0.283 e. The smallest absolute Gasteiger partial charge is 0.229 e. The monoisotopic (exact) mass is 338 g/mol. The van der Waals surface area contributed by atoms with Gasteiger partial charge in [-0.2, -0.15) is 41.5 Å². The van der Waals surface area contributed by atoms with Gasteiger partial charge in [0.15, 0.2) is 0 Å². The third kappa shape index (κ3) is 9.21. The molecule has 93 valence electrons. The van der Waals surface area contributed by atoms with Crippen molar-refractivity contribution < 1.29 is 41.1 Å². The number of hydrogen-bond acceptors (Lipinski definition) is 4. The fourth-order valence-electron chi connectivity index (χ4n) is 0.837. The van der Waals surface area contributed by atoms with Crippen LogP contribution in [0.5, 0.6) is 0 Å². The van der Waals surface area contributed by atoms with Crippen LogP contribution in [-0.2, 0) is 42.7 Å². The van der Waals surface area contributed by atoms with Gasteiger partial charge in [0.2, 0.25) is 10.0 Å². The number of aromatic nitrogens is 2. The van der Waals surface area contributed by atoms with Gasteiger partial charge < -0.3 is 0 Å². The van der Waals surface area contributed by atoms with E-state index in [0.29, 0.717) is 0 Å². The first-order chi connectivity index (χ1) is 8.08. The van der Waals surface area contributed by atoms with Crippen LogP contribution in [0.25, 0.3) is 0 Å². The molecule has 0 spiro atoms. The van der Waals surface area contributed by atoms with Crippen molar-refractivity contribution in [2.45, 2.75) is 0 Å². The molecule has 0 amide bonds. The molecule has 2 rings (SSSR count). The molecule has 7 heteroatoms. The number of anilines is 1. The summed E-state index contributed by atoms with van der Waals surface area (Å²) in [6.45, 7) is 0. The number of benzene rings is 1. The summed E-state index contributed by atoms with van der Waals surface area (Å²) in [6, 6.07) is 16.5. The molecule has 2 aromatic rings. The van der Waals surface area contributed by atoms with Gasteiger partial charge in [-0.1, -0.05) is 0 Å². The molecule has 0 saturated carbocycles. The number of nitrogens with zero attached hydrogens (tertiary/aromatic N) is 2. The van der Waals surface area contributed by atoms with Gasteiger partial charge >= 0.3 is 0 Å². The van der Waals surface area contributed by atoms with E-state index in [1.807, 2.05) is 30.3 Å². The van der Waals surface area contributed by atoms with E-state index in [0.717, 1.165) is 6.26 Å². The molecule has 0 aliphatic carbocycles. The van der Waals surface area contributed by atoms with Crippen molar-refractivity contribution in [2.75, 3.05) is 11.0 Å². The minimum atomic E-state index is -3.26. The Balaban J connectivity index is 0.000000352. The van der Waals surface area contributed by atoms with Gasteiger partial charge in [-0.05, 0) is 0 Å². The molecule has 0 aliphatic rings. The molecular weight excluding hydrogens is 327 g/mol. The summed E-state index contributed by atoms with van der Waals surface area (Å²) in [5.41, 5.74) is 0. The van der Waals surface area contributed by atoms with Crippen LogP contribution in [0.15, 0.2) is 42.6 Å². The molecule has 0 saturated heterocycles. The molecule has 18 heavy (non-hydrogen) atoms. The Bertz CT molecular complexity index is 494. The summed E-state index contributed by atoms with van der Waals surface area (Å²) in [4.78, 5) is 0. The van der Waals surface area contributed by atoms with Crippen molar-refractivity contribution in [2.24, 2.45) is 0 Å². The van der Waals surface area contributed by atoms with Crippen LogP contribution in [0.2, 0.25) is 0 Å². The standard InChI is InChI=1S/C6H5.C5H6N3O2S.Y/c1-2-4-6-5-3-1;1-11(9,10)8-5-3-2-4-6-7-5;/h1-5H;2,4H,1H3,(H,7,8);/q2*-1;. The van der Waals surface area contributed by atoms with Crippen molar-refractivity contribution in [1.29, 1.82) is 0 Å². The van der Waals surface area contributed by atoms with E-state index in [2.05, 4.69) is 27.1 Å². The number of nitrogens with one attached hydrogen (secondary N) is 1. The van der Waals surface area contributed by atoms with Gasteiger partial charge in [0.1, 0.15) is 0 Å².